The number of nitrogens with zero attached hydrogens (tertiary/aromatic N) is 2. The largest absolute Gasteiger partial charge is 0.494 e. The van der Waals surface area contributed by atoms with E-state index in [9.17, 15) is 9.18 Å². The van der Waals surface area contributed by atoms with Gasteiger partial charge in [0.2, 0.25) is 5.91 Å². The summed E-state index contributed by atoms with van der Waals surface area (Å²) in [5.74, 6) is 0.549. The molecule has 1 aliphatic rings. The summed E-state index contributed by atoms with van der Waals surface area (Å²) in [7, 11) is 0. The molecule has 1 amide bonds. The maximum Gasteiger partial charge on any atom is 0.225 e. The van der Waals surface area contributed by atoms with Gasteiger partial charge in [0.25, 0.3) is 0 Å². The van der Waals surface area contributed by atoms with Crippen LogP contribution in [0.15, 0.2) is 42.5 Å². The number of hydrogen-bond donors (Lipinski definition) is 1. The molecule has 1 unspecified atom stereocenters. The van der Waals surface area contributed by atoms with Crippen LogP contribution >= 0.6 is 11.3 Å². The third kappa shape index (κ3) is 4.67. The van der Waals surface area contributed by atoms with Crippen molar-refractivity contribution >= 4 is 32.6 Å². The van der Waals surface area contributed by atoms with Crippen molar-refractivity contribution in [1.82, 2.24) is 10.3 Å². The fourth-order valence-corrected chi connectivity index (χ4v) is 4.61. The van der Waals surface area contributed by atoms with Gasteiger partial charge in [0.05, 0.1) is 22.7 Å². The summed E-state index contributed by atoms with van der Waals surface area (Å²) in [6, 6.07) is 12.2. The molecule has 0 bridgehead atoms. The van der Waals surface area contributed by atoms with Crippen LogP contribution in [0.25, 0.3) is 10.2 Å². The van der Waals surface area contributed by atoms with Gasteiger partial charge in [0.15, 0.2) is 5.13 Å². The minimum absolute atomic E-state index is 0.0405. The molecule has 7 heteroatoms. The first-order chi connectivity index (χ1) is 14.1. The van der Waals surface area contributed by atoms with Crippen molar-refractivity contribution in [3.8, 4) is 5.75 Å². The standard InChI is InChI=1S/C22H24FN3O2S/c1-2-28-18-9-10-19-20(12-18)29-22(25-19)26-11-3-4-16(14-26)21(27)24-13-15-5-7-17(23)8-6-15/h5-10,12,16H,2-4,11,13-14H2,1H3,(H,24,27). The molecule has 2 aromatic carbocycles. The van der Waals surface area contributed by atoms with Crippen LogP contribution in [0, 0.1) is 11.7 Å². The van der Waals surface area contributed by atoms with Gasteiger partial charge in [0.1, 0.15) is 11.6 Å². The zero-order valence-electron chi connectivity index (χ0n) is 16.4. The topological polar surface area (TPSA) is 54.5 Å². The van der Waals surface area contributed by atoms with Gasteiger partial charge in [0, 0.05) is 19.6 Å². The lowest BCUT2D eigenvalue weighted by Gasteiger charge is -2.31. The summed E-state index contributed by atoms with van der Waals surface area (Å²) >= 11 is 1.64. The summed E-state index contributed by atoms with van der Waals surface area (Å²) in [6.45, 7) is 4.58. The van der Waals surface area contributed by atoms with E-state index < -0.39 is 0 Å². The van der Waals surface area contributed by atoms with Gasteiger partial charge in [-0.05, 0) is 55.7 Å². The van der Waals surface area contributed by atoms with Crippen molar-refractivity contribution in [2.24, 2.45) is 5.92 Å². The van der Waals surface area contributed by atoms with Crippen molar-refractivity contribution in [1.29, 1.82) is 0 Å². The molecule has 0 radical (unpaired) electrons. The molecule has 1 aromatic heterocycles. The summed E-state index contributed by atoms with van der Waals surface area (Å²) in [5, 5.41) is 3.94. The Bertz CT molecular complexity index is 989. The van der Waals surface area contributed by atoms with Crippen molar-refractivity contribution in [2.45, 2.75) is 26.3 Å². The fraction of sp³-hybridized carbons (Fsp3) is 0.364. The first-order valence-corrected chi connectivity index (χ1v) is 10.7. The lowest BCUT2D eigenvalue weighted by Crippen LogP contribution is -2.42. The van der Waals surface area contributed by atoms with Crippen LogP contribution in [0.1, 0.15) is 25.3 Å². The van der Waals surface area contributed by atoms with Crippen LogP contribution in [-0.4, -0.2) is 30.6 Å². The Balaban J connectivity index is 1.40. The number of fused-ring (bicyclic) bond motifs is 1. The number of benzene rings is 2. The number of carbonyl (C=O) groups is 1. The van der Waals surface area contributed by atoms with Gasteiger partial charge in [-0.2, -0.15) is 0 Å². The number of piperidine rings is 1. The Kier molecular flexibility index (Phi) is 5.94. The number of thiazole rings is 1. The van der Waals surface area contributed by atoms with E-state index >= 15 is 0 Å². The molecule has 29 heavy (non-hydrogen) atoms. The van der Waals surface area contributed by atoms with Gasteiger partial charge in [-0.25, -0.2) is 9.37 Å². The van der Waals surface area contributed by atoms with Crippen molar-refractivity contribution in [3.05, 3.63) is 53.8 Å². The van der Waals surface area contributed by atoms with Crippen LogP contribution in [0.2, 0.25) is 0 Å². The van der Waals surface area contributed by atoms with Gasteiger partial charge in [-0.15, -0.1) is 0 Å². The molecule has 152 valence electrons. The monoisotopic (exact) mass is 413 g/mol. The summed E-state index contributed by atoms with van der Waals surface area (Å²) in [4.78, 5) is 19.6. The maximum absolute atomic E-state index is 13.0. The minimum atomic E-state index is -0.271. The first kappa shape index (κ1) is 19.6. The average molecular weight is 414 g/mol. The Morgan fingerprint density at radius 3 is 2.93 bits per heavy atom. The lowest BCUT2D eigenvalue weighted by molar-refractivity contribution is -0.125. The second-order valence-corrected chi connectivity index (χ2v) is 8.20. The summed E-state index contributed by atoms with van der Waals surface area (Å²) in [6.07, 6.45) is 1.82. The SMILES string of the molecule is CCOc1ccc2nc(N3CCCC(C(=O)NCc4ccc(F)cc4)C3)sc2c1. The van der Waals surface area contributed by atoms with E-state index in [1.165, 1.54) is 12.1 Å². The highest BCUT2D eigenvalue weighted by atomic mass is 32.1. The molecule has 0 aliphatic carbocycles. The van der Waals surface area contributed by atoms with Crippen LogP contribution in [0.5, 0.6) is 5.75 Å². The highest BCUT2D eigenvalue weighted by Crippen LogP contribution is 2.33. The van der Waals surface area contributed by atoms with E-state index in [1.807, 2.05) is 25.1 Å². The predicted molar refractivity (Wildman–Crippen MR) is 114 cm³/mol. The van der Waals surface area contributed by atoms with Crippen LogP contribution in [0.4, 0.5) is 9.52 Å². The van der Waals surface area contributed by atoms with Crippen molar-refractivity contribution < 1.29 is 13.9 Å². The number of nitrogens with one attached hydrogen (secondary N) is 1. The molecular weight excluding hydrogens is 389 g/mol. The lowest BCUT2D eigenvalue weighted by atomic mass is 9.97. The smallest absolute Gasteiger partial charge is 0.225 e. The van der Waals surface area contributed by atoms with Gasteiger partial charge in [-0.3, -0.25) is 4.79 Å². The number of anilines is 1. The van der Waals surface area contributed by atoms with Crippen LogP contribution in [0.3, 0.4) is 0 Å². The number of amides is 1. The number of rotatable bonds is 6. The molecule has 1 N–H and O–H groups in total. The number of ether oxygens (including phenoxy) is 1. The average Bonchev–Trinajstić information content (AvgIpc) is 3.17. The van der Waals surface area contributed by atoms with E-state index in [4.69, 9.17) is 9.72 Å². The third-order valence-electron chi connectivity index (χ3n) is 5.10. The number of aromatic nitrogens is 1. The number of hydrogen-bond acceptors (Lipinski definition) is 5. The zero-order chi connectivity index (χ0) is 20.2. The fourth-order valence-electron chi connectivity index (χ4n) is 3.59. The normalized spacial score (nSPS) is 16.8. The second kappa shape index (κ2) is 8.78. The third-order valence-corrected chi connectivity index (χ3v) is 6.18. The molecule has 5 nitrogen and oxygen atoms in total. The summed E-state index contributed by atoms with van der Waals surface area (Å²) < 4.78 is 19.7. The molecule has 1 atom stereocenters. The van der Waals surface area contributed by atoms with Crippen LogP contribution in [-0.2, 0) is 11.3 Å². The number of carbonyl (C=O) groups excluding carboxylic acids is 1. The Morgan fingerprint density at radius 1 is 1.31 bits per heavy atom. The van der Waals surface area contributed by atoms with Gasteiger partial charge in [-0.1, -0.05) is 23.5 Å². The summed E-state index contributed by atoms with van der Waals surface area (Å²) in [5.41, 5.74) is 1.85. The molecule has 4 rings (SSSR count). The molecule has 3 aromatic rings. The number of halogens is 1. The molecule has 0 saturated carbocycles. The van der Waals surface area contributed by atoms with Crippen LogP contribution < -0.4 is 15.0 Å². The predicted octanol–water partition coefficient (Wildman–Crippen LogP) is 4.37. The highest BCUT2D eigenvalue weighted by molar-refractivity contribution is 7.22. The molecule has 1 fully saturated rings. The van der Waals surface area contributed by atoms with E-state index in [0.29, 0.717) is 19.7 Å². The zero-order valence-corrected chi connectivity index (χ0v) is 17.2. The Labute approximate surface area is 173 Å². The van der Waals surface area contributed by atoms with E-state index in [0.717, 1.165) is 46.0 Å². The minimum Gasteiger partial charge on any atom is -0.494 e. The maximum atomic E-state index is 13.0. The molecule has 0 spiro atoms. The Morgan fingerprint density at radius 2 is 2.14 bits per heavy atom. The van der Waals surface area contributed by atoms with Gasteiger partial charge >= 0.3 is 0 Å². The quantitative estimate of drug-likeness (QED) is 0.652. The van der Waals surface area contributed by atoms with E-state index in [1.54, 1.807) is 23.5 Å². The van der Waals surface area contributed by atoms with E-state index in [2.05, 4.69) is 10.2 Å². The second-order valence-electron chi connectivity index (χ2n) is 7.19. The van der Waals surface area contributed by atoms with Gasteiger partial charge < -0.3 is 15.0 Å². The van der Waals surface area contributed by atoms with Crippen molar-refractivity contribution in [3.63, 3.8) is 0 Å². The molecule has 2 heterocycles. The van der Waals surface area contributed by atoms with Crippen molar-refractivity contribution in [2.75, 3.05) is 24.6 Å². The molecular formula is C22H24FN3O2S. The molecule has 1 aliphatic heterocycles. The Hall–Kier alpha value is -2.67. The highest BCUT2D eigenvalue weighted by Gasteiger charge is 2.27. The molecule has 1 saturated heterocycles. The van der Waals surface area contributed by atoms with E-state index in [-0.39, 0.29) is 17.6 Å². The first-order valence-electron chi connectivity index (χ1n) is 9.93.